The number of ether oxygens (including phenoxy) is 5. The van der Waals surface area contributed by atoms with Gasteiger partial charge in [-0.3, -0.25) is 0 Å². The average Bonchev–Trinajstić information content (AvgIpc) is 3.45. The number of benzene rings is 1. The molecule has 5 atom stereocenters. The van der Waals surface area contributed by atoms with Gasteiger partial charge in [0.15, 0.2) is 30.4 Å². The monoisotopic (exact) mass is 477 g/mol. The summed E-state index contributed by atoms with van der Waals surface area (Å²) in [6.07, 6.45) is -1.15. The van der Waals surface area contributed by atoms with Crippen molar-refractivity contribution in [3.8, 4) is 5.75 Å². The number of aliphatic hydroxyl groups is 1. The van der Waals surface area contributed by atoms with Crippen LogP contribution >= 0.6 is 0 Å². The van der Waals surface area contributed by atoms with E-state index in [4.69, 9.17) is 23.7 Å². The molecule has 2 aliphatic heterocycles. The van der Waals surface area contributed by atoms with Gasteiger partial charge in [-0.15, -0.1) is 0 Å². The van der Waals surface area contributed by atoms with Crippen molar-refractivity contribution in [2.45, 2.75) is 57.2 Å². The molecule has 182 valence electrons. The molecule has 0 saturated carbocycles. The number of aliphatic hydroxyl groups excluding tert-OH is 1. The number of nitrogens with zero attached hydrogens (tertiary/aromatic N) is 3. The molecule has 2 fully saturated rings. The van der Waals surface area contributed by atoms with Gasteiger partial charge in [0.25, 0.3) is 0 Å². The van der Waals surface area contributed by atoms with Crippen molar-refractivity contribution < 1.29 is 37.6 Å². The molecule has 1 aromatic carbocycles. The zero-order valence-electron chi connectivity index (χ0n) is 19.1. The number of methoxy groups -OCH3 is 1. The van der Waals surface area contributed by atoms with Crippen LogP contribution in [0.1, 0.15) is 37.4 Å². The van der Waals surface area contributed by atoms with Gasteiger partial charge in [-0.2, -0.15) is 4.39 Å². The smallest absolute Gasteiger partial charge is 0.201 e. The van der Waals surface area contributed by atoms with Crippen molar-refractivity contribution in [3.05, 3.63) is 53.6 Å². The second-order valence-corrected chi connectivity index (χ2v) is 8.75. The molecule has 0 radical (unpaired) electrons. The molecule has 2 saturated heterocycles. The van der Waals surface area contributed by atoms with E-state index in [1.54, 1.807) is 18.4 Å². The first kappa shape index (κ1) is 23.1. The second kappa shape index (κ2) is 8.51. The number of fused-ring (bicyclic) bond motifs is 2. The van der Waals surface area contributed by atoms with E-state index in [2.05, 4.69) is 9.97 Å². The zero-order valence-corrected chi connectivity index (χ0v) is 19.1. The van der Waals surface area contributed by atoms with Gasteiger partial charge in [0.1, 0.15) is 36.4 Å². The summed E-state index contributed by atoms with van der Waals surface area (Å²) in [5.41, 5.74) is 1.45. The molecule has 34 heavy (non-hydrogen) atoms. The molecule has 2 aromatic heterocycles. The Kier molecular flexibility index (Phi) is 5.77. The Bertz CT molecular complexity index is 1220. The molecule has 4 heterocycles. The number of hydrogen-bond acceptors (Lipinski definition) is 8. The highest BCUT2D eigenvalue weighted by Gasteiger charge is 2.58. The lowest BCUT2D eigenvalue weighted by Crippen LogP contribution is -2.34. The first-order valence-electron chi connectivity index (χ1n) is 10.8. The van der Waals surface area contributed by atoms with E-state index in [0.29, 0.717) is 5.65 Å². The largest absolute Gasteiger partial charge is 0.464 e. The molecule has 0 aliphatic carbocycles. The highest BCUT2D eigenvalue weighted by molar-refractivity contribution is 5.78. The molecular weight excluding hydrogens is 452 g/mol. The van der Waals surface area contributed by atoms with Gasteiger partial charge in [-0.05, 0) is 39.0 Å². The number of halogens is 2. The van der Waals surface area contributed by atoms with E-state index in [1.807, 2.05) is 19.2 Å². The minimum atomic E-state index is -1.42. The SMILES string of the molecule is COCOc1c([C@@H](O)[C@H]2O[C@@H](n3ccc4c(C)ncnc43)[C@@H]3OC(C)(C)O[C@@H]32)ccc(F)c1F. The highest BCUT2D eigenvalue weighted by Crippen LogP contribution is 2.48. The Morgan fingerprint density at radius 3 is 2.71 bits per heavy atom. The van der Waals surface area contributed by atoms with Crippen LogP contribution in [-0.4, -0.2) is 57.6 Å². The third-order valence-electron chi connectivity index (χ3n) is 6.08. The maximum absolute atomic E-state index is 14.6. The molecule has 3 aromatic rings. The van der Waals surface area contributed by atoms with Crippen LogP contribution in [0, 0.1) is 18.6 Å². The Labute approximate surface area is 194 Å². The summed E-state index contributed by atoms with van der Waals surface area (Å²) in [4.78, 5) is 8.60. The van der Waals surface area contributed by atoms with Crippen molar-refractivity contribution in [2.75, 3.05) is 13.9 Å². The normalized spacial score (nSPS) is 26.7. The minimum absolute atomic E-state index is 0.00388. The fourth-order valence-electron chi connectivity index (χ4n) is 4.61. The molecule has 0 amide bonds. The third-order valence-corrected chi connectivity index (χ3v) is 6.08. The van der Waals surface area contributed by atoms with E-state index < -0.39 is 53.8 Å². The molecule has 0 spiro atoms. The molecule has 2 aliphatic rings. The lowest BCUT2D eigenvalue weighted by atomic mass is 9.98. The van der Waals surface area contributed by atoms with Crippen molar-refractivity contribution in [2.24, 2.45) is 0 Å². The van der Waals surface area contributed by atoms with Gasteiger partial charge in [0.2, 0.25) is 5.82 Å². The maximum Gasteiger partial charge on any atom is 0.201 e. The standard InChI is InChI=1S/C23H25F2N3O6/c1-11-12-7-8-28(21(12)27-9-26-11)22-20-19(33-23(2,3)34-20)18(32-22)16(29)13-5-6-14(24)15(25)17(13)31-10-30-4/h5-9,16,18-20,22,29H,10H2,1-4H3/t16-,18-,19-,20-,22-/m1/s1. The van der Waals surface area contributed by atoms with Crippen LogP contribution in [0.15, 0.2) is 30.7 Å². The molecular formula is C23H25F2N3O6. The summed E-state index contributed by atoms with van der Waals surface area (Å²) in [5, 5.41) is 12.1. The minimum Gasteiger partial charge on any atom is -0.464 e. The Morgan fingerprint density at radius 1 is 1.18 bits per heavy atom. The molecule has 9 nitrogen and oxygen atoms in total. The summed E-state index contributed by atoms with van der Waals surface area (Å²) in [5.74, 6) is -3.74. The quantitative estimate of drug-likeness (QED) is 0.541. The van der Waals surface area contributed by atoms with Crippen LogP contribution in [-0.2, 0) is 18.9 Å². The molecule has 5 rings (SSSR count). The summed E-state index contributed by atoms with van der Waals surface area (Å²) in [6.45, 7) is 5.07. The van der Waals surface area contributed by atoms with Crippen molar-refractivity contribution in [3.63, 3.8) is 0 Å². The molecule has 0 bridgehead atoms. The Balaban J connectivity index is 1.54. The van der Waals surface area contributed by atoms with Crippen molar-refractivity contribution >= 4 is 11.0 Å². The van der Waals surface area contributed by atoms with Gasteiger partial charge in [-0.1, -0.05) is 0 Å². The maximum atomic E-state index is 14.6. The number of aromatic nitrogens is 3. The van der Waals surface area contributed by atoms with E-state index in [0.717, 1.165) is 17.1 Å². The van der Waals surface area contributed by atoms with E-state index in [1.165, 1.54) is 19.5 Å². The van der Waals surface area contributed by atoms with Gasteiger partial charge in [0, 0.05) is 24.3 Å². The summed E-state index contributed by atoms with van der Waals surface area (Å²) in [7, 11) is 1.35. The lowest BCUT2D eigenvalue weighted by molar-refractivity contribution is -0.207. The first-order valence-corrected chi connectivity index (χ1v) is 10.8. The molecule has 11 heteroatoms. The van der Waals surface area contributed by atoms with Crippen LogP contribution in [0.5, 0.6) is 5.75 Å². The lowest BCUT2D eigenvalue weighted by Gasteiger charge is -2.28. The topological polar surface area (TPSA) is 97.1 Å². The first-order chi connectivity index (χ1) is 16.2. The van der Waals surface area contributed by atoms with Gasteiger partial charge >= 0.3 is 0 Å². The average molecular weight is 477 g/mol. The van der Waals surface area contributed by atoms with Crippen LogP contribution in [0.4, 0.5) is 8.78 Å². The van der Waals surface area contributed by atoms with Crippen molar-refractivity contribution in [1.82, 2.24) is 14.5 Å². The predicted molar refractivity (Wildman–Crippen MR) is 114 cm³/mol. The fraction of sp³-hybridized carbons (Fsp3) is 0.478. The summed E-state index contributed by atoms with van der Waals surface area (Å²) in [6, 6.07) is 4.05. The Morgan fingerprint density at radius 2 is 1.94 bits per heavy atom. The van der Waals surface area contributed by atoms with Crippen LogP contribution in [0.3, 0.4) is 0 Å². The predicted octanol–water partition coefficient (Wildman–Crippen LogP) is 3.15. The van der Waals surface area contributed by atoms with Crippen LogP contribution in [0.25, 0.3) is 11.0 Å². The second-order valence-electron chi connectivity index (χ2n) is 8.75. The van der Waals surface area contributed by atoms with Crippen molar-refractivity contribution in [1.29, 1.82) is 0 Å². The summed E-state index contributed by atoms with van der Waals surface area (Å²) < 4.78 is 58.8. The number of aryl methyl sites for hydroxylation is 1. The van der Waals surface area contributed by atoms with E-state index in [9.17, 15) is 13.9 Å². The molecule has 0 unspecified atom stereocenters. The third kappa shape index (κ3) is 3.73. The highest BCUT2D eigenvalue weighted by atomic mass is 19.2. The molecule has 1 N–H and O–H groups in total. The number of hydrogen-bond donors (Lipinski definition) is 1. The Hall–Kier alpha value is -2.70. The summed E-state index contributed by atoms with van der Waals surface area (Å²) >= 11 is 0. The van der Waals surface area contributed by atoms with Gasteiger partial charge < -0.3 is 33.4 Å². The van der Waals surface area contributed by atoms with E-state index in [-0.39, 0.29) is 12.4 Å². The van der Waals surface area contributed by atoms with Crippen LogP contribution in [0.2, 0.25) is 0 Å². The van der Waals surface area contributed by atoms with E-state index >= 15 is 0 Å². The fourth-order valence-corrected chi connectivity index (χ4v) is 4.61. The van der Waals surface area contributed by atoms with Crippen LogP contribution < -0.4 is 4.74 Å². The number of rotatable bonds is 6. The van der Waals surface area contributed by atoms with Gasteiger partial charge in [-0.25, -0.2) is 14.4 Å². The van der Waals surface area contributed by atoms with Gasteiger partial charge in [0.05, 0.1) is 5.69 Å². The zero-order chi connectivity index (χ0) is 24.2.